The molecule has 2 heterocycles. The second kappa shape index (κ2) is 8.92. The van der Waals surface area contributed by atoms with E-state index in [0.29, 0.717) is 15.7 Å². The van der Waals surface area contributed by atoms with Crippen molar-refractivity contribution >= 4 is 36.8 Å². The van der Waals surface area contributed by atoms with Gasteiger partial charge in [0.15, 0.2) is 31.9 Å². The van der Waals surface area contributed by atoms with Crippen molar-refractivity contribution in [2.75, 3.05) is 30.5 Å². The summed E-state index contributed by atoms with van der Waals surface area (Å²) in [6.07, 6.45) is 9.94. The van der Waals surface area contributed by atoms with E-state index in [0.717, 1.165) is 91.0 Å². The van der Waals surface area contributed by atoms with E-state index in [4.69, 9.17) is 0 Å². The third-order valence-corrected chi connectivity index (χ3v) is 10.6. The molecule has 2 aromatic rings. The highest BCUT2D eigenvalue weighted by Gasteiger charge is 2.38. The Kier molecular flexibility index (Phi) is 5.89. The predicted octanol–water partition coefficient (Wildman–Crippen LogP) is 4.11. The largest absolute Gasteiger partial charge is 0.345 e. The fourth-order valence-corrected chi connectivity index (χ4v) is 7.78. The smallest absolute Gasteiger partial charge is 0.208 e. The molecule has 1 atom stereocenters. The van der Waals surface area contributed by atoms with Gasteiger partial charge in [0, 0.05) is 54.9 Å². The molecule has 7 nitrogen and oxygen atoms in total. The maximum atomic E-state index is 12.0. The van der Waals surface area contributed by atoms with Crippen molar-refractivity contribution in [1.82, 2.24) is 0 Å². The summed E-state index contributed by atoms with van der Waals surface area (Å²) in [5, 5.41) is 10.3. The number of rotatable bonds is 3. The molecule has 0 N–H and O–H groups in total. The minimum Gasteiger partial charge on any atom is -0.345 e. The summed E-state index contributed by atoms with van der Waals surface area (Å²) in [6.45, 7) is 1.53. The molecule has 0 bridgehead atoms. The Morgan fingerprint density at radius 1 is 0.895 bits per heavy atom. The van der Waals surface area contributed by atoms with Gasteiger partial charge in [-0.2, -0.15) is 9.84 Å². The molecule has 0 radical (unpaired) electrons. The molecule has 196 valence electrons. The van der Waals surface area contributed by atoms with Crippen LogP contribution < -0.4 is 4.90 Å². The van der Waals surface area contributed by atoms with Crippen LogP contribution in [0.15, 0.2) is 69.1 Å². The lowest BCUT2D eigenvalue weighted by Gasteiger charge is -2.33. The highest BCUT2D eigenvalue weighted by molar-refractivity contribution is 7.91. The Balaban J connectivity index is 1.40. The van der Waals surface area contributed by atoms with Gasteiger partial charge in [-0.15, -0.1) is 0 Å². The molecule has 0 saturated carbocycles. The van der Waals surface area contributed by atoms with Gasteiger partial charge in [-0.05, 0) is 79.1 Å². The van der Waals surface area contributed by atoms with Gasteiger partial charge in [-0.1, -0.05) is 0 Å². The van der Waals surface area contributed by atoms with Crippen LogP contribution in [0, 0.1) is 17.2 Å². The van der Waals surface area contributed by atoms with Crippen LogP contribution >= 0.6 is 0 Å². The second-order valence-corrected chi connectivity index (χ2v) is 14.8. The molecular formula is C29H30N3O4S2+. The van der Waals surface area contributed by atoms with Crippen LogP contribution in [0.2, 0.25) is 0 Å². The molecule has 0 amide bonds. The van der Waals surface area contributed by atoms with Crippen molar-refractivity contribution in [3.8, 4) is 6.07 Å². The van der Waals surface area contributed by atoms with Gasteiger partial charge in [0.25, 0.3) is 0 Å². The number of anilines is 1. The van der Waals surface area contributed by atoms with E-state index < -0.39 is 19.7 Å². The van der Waals surface area contributed by atoms with Crippen molar-refractivity contribution in [2.24, 2.45) is 5.92 Å². The van der Waals surface area contributed by atoms with Gasteiger partial charge in [-0.25, -0.2) is 16.8 Å². The predicted molar refractivity (Wildman–Crippen MR) is 146 cm³/mol. The molecule has 2 aliphatic heterocycles. The fraction of sp³-hybridized carbons (Fsp3) is 0.379. The Morgan fingerprint density at radius 2 is 1.58 bits per heavy atom. The quantitative estimate of drug-likeness (QED) is 0.536. The molecule has 0 aromatic heterocycles. The van der Waals surface area contributed by atoms with Crippen molar-refractivity contribution in [3.63, 3.8) is 0 Å². The normalized spacial score (nSPS) is 23.0. The number of nitriles is 1. The molecule has 6 rings (SSSR count). The van der Waals surface area contributed by atoms with E-state index in [2.05, 4.69) is 21.6 Å². The molecule has 4 aliphatic rings. The first-order valence-electron chi connectivity index (χ1n) is 13.0. The maximum absolute atomic E-state index is 12.0. The van der Waals surface area contributed by atoms with Crippen LogP contribution in [0.3, 0.4) is 0 Å². The topological polar surface area (TPSA) is 98.3 Å². The maximum Gasteiger partial charge on any atom is 0.208 e. The zero-order valence-corrected chi connectivity index (χ0v) is 23.2. The minimum atomic E-state index is -3.27. The molecule has 0 saturated heterocycles. The zero-order chi connectivity index (χ0) is 26.8. The summed E-state index contributed by atoms with van der Waals surface area (Å²) in [7, 11) is -6.52. The standard InChI is InChI=1S/C29H30N3O4S2/c1-37(33,34)23-6-9-27-20(15-23)11-13-31(27)22-5-3-19-4-8-29(26(18-30)25(19)17-22)32-14-12-21-16-24(38(2,35)36)7-10-28(21)32/h6-7,9-10,15-17,19H,3-5,8,11-14H2,1-2H3/q+1. The average molecular weight is 549 g/mol. The Morgan fingerprint density at radius 3 is 2.29 bits per heavy atom. The number of hydrogen-bond donors (Lipinski definition) is 0. The molecule has 38 heavy (non-hydrogen) atoms. The number of sulfone groups is 2. The third kappa shape index (κ3) is 4.20. The van der Waals surface area contributed by atoms with Gasteiger partial charge >= 0.3 is 0 Å². The number of fused-ring (bicyclic) bond motifs is 3. The lowest BCUT2D eigenvalue weighted by Crippen LogP contribution is -2.29. The van der Waals surface area contributed by atoms with Crippen LogP contribution in [0.25, 0.3) is 0 Å². The van der Waals surface area contributed by atoms with E-state index in [1.54, 1.807) is 24.3 Å². The van der Waals surface area contributed by atoms with Gasteiger partial charge < -0.3 is 4.90 Å². The Hall–Kier alpha value is -3.22. The Bertz CT molecular complexity index is 1740. The summed E-state index contributed by atoms with van der Waals surface area (Å²) in [5.41, 5.74) is 8.14. The fourth-order valence-electron chi connectivity index (χ4n) is 6.43. The van der Waals surface area contributed by atoms with Crippen LogP contribution in [-0.2, 0) is 32.5 Å². The van der Waals surface area contributed by atoms with Crippen LogP contribution in [-0.4, -0.2) is 52.7 Å². The molecule has 2 aromatic carbocycles. The summed E-state index contributed by atoms with van der Waals surface area (Å²) < 4.78 is 50.3. The summed E-state index contributed by atoms with van der Waals surface area (Å²) in [6, 6.07) is 13.2. The van der Waals surface area contributed by atoms with Crippen molar-refractivity contribution in [3.05, 3.63) is 70.4 Å². The summed E-state index contributed by atoms with van der Waals surface area (Å²) in [5.74, 6) is 0.349. The monoisotopic (exact) mass is 548 g/mol. The first-order valence-corrected chi connectivity index (χ1v) is 16.7. The molecule has 1 unspecified atom stereocenters. The first-order chi connectivity index (χ1) is 18.0. The van der Waals surface area contributed by atoms with Crippen molar-refractivity contribution in [2.45, 2.75) is 48.3 Å². The van der Waals surface area contributed by atoms with E-state index >= 15 is 0 Å². The van der Waals surface area contributed by atoms with E-state index in [9.17, 15) is 22.1 Å². The molecule has 2 aliphatic carbocycles. The lowest BCUT2D eigenvalue weighted by atomic mass is 9.76. The van der Waals surface area contributed by atoms with Gasteiger partial charge in [0.2, 0.25) is 5.69 Å². The van der Waals surface area contributed by atoms with Crippen LogP contribution in [0.1, 0.15) is 36.8 Å². The number of allylic oxidation sites excluding steroid dienone is 4. The third-order valence-electron chi connectivity index (χ3n) is 8.35. The Labute approximate surface area is 224 Å². The highest BCUT2D eigenvalue weighted by atomic mass is 32.2. The number of hydrogen-bond acceptors (Lipinski definition) is 6. The van der Waals surface area contributed by atoms with Gasteiger partial charge in [-0.3, -0.25) is 0 Å². The van der Waals surface area contributed by atoms with Crippen molar-refractivity contribution in [1.29, 1.82) is 5.26 Å². The minimum absolute atomic E-state index is 0.333. The second-order valence-electron chi connectivity index (χ2n) is 10.7. The summed E-state index contributed by atoms with van der Waals surface area (Å²) in [4.78, 5) is 2.97. The van der Waals surface area contributed by atoms with Crippen LogP contribution in [0.4, 0.5) is 11.4 Å². The lowest BCUT2D eigenvalue weighted by molar-refractivity contribution is -0.430. The number of benzene rings is 2. The van der Waals surface area contributed by atoms with Crippen molar-refractivity contribution < 1.29 is 21.4 Å². The zero-order valence-electron chi connectivity index (χ0n) is 21.6. The molecule has 9 heteroatoms. The average Bonchev–Trinajstić information content (AvgIpc) is 3.50. The molecular weight excluding hydrogens is 518 g/mol. The SMILES string of the molecule is CS(=O)(=O)c1ccc2c(c1)CCN2C1=CC2=C(C#N)C(=[N+]3CCc4cc(S(C)(=O)=O)ccc43)CCC2CC1. The first kappa shape index (κ1) is 25.1. The molecule has 0 fully saturated rings. The molecule has 0 spiro atoms. The summed E-state index contributed by atoms with van der Waals surface area (Å²) >= 11 is 0. The van der Waals surface area contributed by atoms with E-state index in [1.165, 1.54) is 18.2 Å². The van der Waals surface area contributed by atoms with E-state index in [-0.39, 0.29) is 0 Å². The highest BCUT2D eigenvalue weighted by Crippen LogP contribution is 2.43. The van der Waals surface area contributed by atoms with E-state index in [1.807, 2.05) is 12.1 Å². The van der Waals surface area contributed by atoms with Gasteiger partial charge in [0.05, 0.1) is 9.79 Å². The van der Waals surface area contributed by atoms with Crippen LogP contribution in [0.5, 0.6) is 0 Å². The van der Waals surface area contributed by atoms with Gasteiger partial charge in [0.1, 0.15) is 11.6 Å². The number of nitrogens with zero attached hydrogens (tertiary/aromatic N) is 3.